The lowest BCUT2D eigenvalue weighted by Gasteiger charge is -2.40. The fraction of sp³-hybridized carbons (Fsp3) is 0.333. The number of benzene rings is 2. The molecule has 148 valence electrons. The Morgan fingerprint density at radius 1 is 0.929 bits per heavy atom. The van der Waals surface area contributed by atoms with Crippen molar-refractivity contribution in [1.29, 1.82) is 0 Å². The maximum atomic E-state index is 14.4. The van der Waals surface area contributed by atoms with Gasteiger partial charge in [0, 0.05) is 11.8 Å². The molecular weight excluding hydrogens is 367 g/mol. The van der Waals surface area contributed by atoms with Crippen LogP contribution in [0.5, 0.6) is 0 Å². The summed E-state index contributed by atoms with van der Waals surface area (Å²) in [7, 11) is 0. The van der Waals surface area contributed by atoms with Crippen molar-refractivity contribution >= 4 is 11.0 Å². The molecule has 0 bridgehead atoms. The van der Waals surface area contributed by atoms with Crippen molar-refractivity contribution in [2.24, 2.45) is 0 Å². The van der Waals surface area contributed by atoms with Gasteiger partial charge in [-0.25, -0.2) is 4.39 Å². The van der Waals surface area contributed by atoms with Gasteiger partial charge in [0.2, 0.25) is 0 Å². The van der Waals surface area contributed by atoms with Crippen molar-refractivity contribution in [2.45, 2.75) is 36.9 Å². The number of rotatable bonds is 4. The van der Waals surface area contributed by atoms with Gasteiger partial charge in [0.1, 0.15) is 47.7 Å². The Balaban J connectivity index is 1.63. The Morgan fingerprint density at radius 2 is 1.71 bits per heavy atom. The van der Waals surface area contributed by atoms with Crippen molar-refractivity contribution in [3.8, 4) is 0 Å². The second-order valence-corrected chi connectivity index (χ2v) is 7.03. The fourth-order valence-electron chi connectivity index (χ4n) is 3.60. The summed E-state index contributed by atoms with van der Waals surface area (Å²) in [6.07, 6.45) is -6.17. The predicted octanol–water partition coefficient (Wildman–Crippen LogP) is 1.68. The Labute approximate surface area is 160 Å². The molecule has 0 spiro atoms. The molecule has 6 nitrogen and oxygen atoms in total. The van der Waals surface area contributed by atoms with E-state index >= 15 is 0 Å². The highest BCUT2D eigenvalue weighted by Crippen LogP contribution is 2.33. The topological polar surface area (TPSA) is 103 Å². The number of halogens is 1. The van der Waals surface area contributed by atoms with Gasteiger partial charge in [0.05, 0.1) is 6.61 Å². The van der Waals surface area contributed by atoms with Crippen molar-refractivity contribution in [2.75, 3.05) is 6.61 Å². The van der Waals surface area contributed by atoms with Crippen LogP contribution >= 0.6 is 0 Å². The van der Waals surface area contributed by atoms with E-state index in [1.807, 2.05) is 30.3 Å². The van der Waals surface area contributed by atoms with Crippen molar-refractivity contribution in [3.63, 3.8) is 0 Å². The molecule has 0 unspecified atom stereocenters. The third kappa shape index (κ3) is 3.43. The number of fused-ring (bicyclic) bond motifs is 1. The van der Waals surface area contributed by atoms with E-state index in [1.165, 1.54) is 18.2 Å². The molecule has 5 atom stereocenters. The molecule has 7 heteroatoms. The van der Waals surface area contributed by atoms with Crippen LogP contribution < -0.4 is 0 Å². The van der Waals surface area contributed by atoms with Crippen LogP contribution in [-0.2, 0) is 11.2 Å². The van der Waals surface area contributed by atoms with Gasteiger partial charge < -0.3 is 29.6 Å². The van der Waals surface area contributed by atoms with Gasteiger partial charge in [-0.05, 0) is 35.4 Å². The highest BCUT2D eigenvalue weighted by atomic mass is 19.1. The number of furan rings is 1. The van der Waals surface area contributed by atoms with Gasteiger partial charge in [-0.1, -0.05) is 24.3 Å². The van der Waals surface area contributed by atoms with Crippen LogP contribution in [0.2, 0.25) is 0 Å². The summed E-state index contributed by atoms with van der Waals surface area (Å²) in [4.78, 5) is 0. The highest BCUT2D eigenvalue weighted by Gasteiger charge is 2.44. The number of ether oxygens (including phenoxy) is 1. The average Bonchev–Trinajstić information content (AvgIpc) is 3.11. The molecule has 3 aromatic rings. The molecule has 1 aliphatic heterocycles. The summed E-state index contributed by atoms with van der Waals surface area (Å²) in [6.45, 7) is -0.519. The standard InChI is InChI=1S/C21H21FO6/c22-15-6-5-12(21-20(26)19(25)18(24)17(10-23)28-21)7-13(15)9-14-8-11-3-1-2-4-16(11)27-14/h1-8,17-21,23-26H,9-10H2/t17-,18-,19+,20-,21+/m1/s1. The number of aliphatic hydroxyl groups excluding tert-OH is 4. The van der Waals surface area contributed by atoms with E-state index in [9.17, 15) is 24.8 Å². The first-order valence-electron chi connectivity index (χ1n) is 9.04. The summed E-state index contributed by atoms with van der Waals surface area (Å²) in [5.74, 6) is 0.153. The molecule has 0 radical (unpaired) electrons. The maximum Gasteiger partial charge on any atom is 0.134 e. The van der Waals surface area contributed by atoms with E-state index in [0.29, 0.717) is 22.5 Å². The minimum atomic E-state index is -1.49. The number of para-hydroxylation sites is 1. The third-order valence-corrected chi connectivity index (χ3v) is 5.13. The Morgan fingerprint density at radius 3 is 2.46 bits per heavy atom. The second-order valence-electron chi connectivity index (χ2n) is 7.03. The van der Waals surface area contributed by atoms with E-state index in [2.05, 4.69) is 0 Å². The molecule has 0 aliphatic carbocycles. The Kier molecular flexibility index (Phi) is 5.18. The summed E-state index contributed by atoms with van der Waals surface area (Å²) in [5.41, 5.74) is 1.49. The second kappa shape index (κ2) is 7.62. The highest BCUT2D eigenvalue weighted by molar-refractivity contribution is 5.77. The molecule has 1 aliphatic rings. The first-order chi connectivity index (χ1) is 13.5. The molecule has 2 aromatic carbocycles. The Hall–Kier alpha value is -2.29. The molecule has 1 aromatic heterocycles. The van der Waals surface area contributed by atoms with Gasteiger partial charge in [-0.3, -0.25) is 0 Å². The van der Waals surface area contributed by atoms with Gasteiger partial charge in [-0.2, -0.15) is 0 Å². The number of hydrogen-bond acceptors (Lipinski definition) is 6. The lowest BCUT2D eigenvalue weighted by molar-refractivity contribution is -0.231. The summed E-state index contributed by atoms with van der Waals surface area (Å²) in [6, 6.07) is 13.6. The monoisotopic (exact) mass is 388 g/mol. The molecule has 0 saturated carbocycles. The number of aliphatic hydroxyl groups is 4. The average molecular weight is 388 g/mol. The molecule has 1 fully saturated rings. The van der Waals surface area contributed by atoms with Gasteiger partial charge in [0.15, 0.2) is 0 Å². The van der Waals surface area contributed by atoms with Crippen molar-refractivity contribution in [1.82, 2.24) is 0 Å². The molecule has 1 saturated heterocycles. The van der Waals surface area contributed by atoms with Crippen LogP contribution in [-0.4, -0.2) is 51.4 Å². The lowest BCUT2D eigenvalue weighted by atomic mass is 9.90. The van der Waals surface area contributed by atoms with Crippen LogP contribution in [0.1, 0.15) is 23.0 Å². The van der Waals surface area contributed by atoms with Crippen LogP contribution in [0.25, 0.3) is 11.0 Å². The minimum absolute atomic E-state index is 0.200. The van der Waals surface area contributed by atoms with Crippen LogP contribution in [0.3, 0.4) is 0 Å². The van der Waals surface area contributed by atoms with Crippen LogP contribution in [0.15, 0.2) is 52.9 Å². The molecule has 2 heterocycles. The molecule has 4 N–H and O–H groups in total. The summed E-state index contributed by atoms with van der Waals surface area (Å²) >= 11 is 0. The minimum Gasteiger partial charge on any atom is -0.461 e. The Bertz CT molecular complexity index is 935. The zero-order valence-electron chi connectivity index (χ0n) is 14.9. The third-order valence-electron chi connectivity index (χ3n) is 5.13. The van der Waals surface area contributed by atoms with Crippen molar-refractivity contribution < 1.29 is 34.0 Å². The fourth-order valence-corrected chi connectivity index (χ4v) is 3.60. The molecular formula is C21H21FO6. The summed E-state index contributed by atoms with van der Waals surface area (Å²) < 4.78 is 25.7. The summed E-state index contributed by atoms with van der Waals surface area (Å²) in [5, 5.41) is 40.5. The quantitative estimate of drug-likeness (QED) is 0.542. The van der Waals surface area contributed by atoms with Gasteiger partial charge in [-0.15, -0.1) is 0 Å². The van der Waals surface area contributed by atoms with Crippen LogP contribution in [0.4, 0.5) is 4.39 Å². The zero-order chi connectivity index (χ0) is 19.8. The number of hydrogen-bond donors (Lipinski definition) is 4. The lowest BCUT2D eigenvalue weighted by Crippen LogP contribution is -2.55. The maximum absolute atomic E-state index is 14.4. The van der Waals surface area contributed by atoms with E-state index in [1.54, 1.807) is 0 Å². The zero-order valence-corrected chi connectivity index (χ0v) is 14.9. The molecule has 0 amide bonds. The van der Waals surface area contributed by atoms with E-state index in [4.69, 9.17) is 9.15 Å². The van der Waals surface area contributed by atoms with E-state index in [0.717, 1.165) is 5.39 Å². The van der Waals surface area contributed by atoms with Gasteiger partial charge in [0.25, 0.3) is 0 Å². The molecule has 28 heavy (non-hydrogen) atoms. The van der Waals surface area contributed by atoms with Crippen molar-refractivity contribution in [3.05, 3.63) is 71.2 Å². The predicted molar refractivity (Wildman–Crippen MR) is 98.1 cm³/mol. The first kappa shape index (κ1) is 19.0. The molecule has 4 rings (SSSR count). The SMILES string of the molecule is OC[C@H]1O[C@@H](c2ccc(F)c(Cc3cc4ccccc4o3)c2)[C@H](O)[C@@H](O)[C@@H]1O. The van der Waals surface area contributed by atoms with Gasteiger partial charge >= 0.3 is 0 Å². The normalized spacial score (nSPS) is 28.0. The van der Waals surface area contributed by atoms with E-state index in [-0.39, 0.29) is 6.42 Å². The largest absolute Gasteiger partial charge is 0.461 e. The van der Waals surface area contributed by atoms with Crippen LogP contribution in [0, 0.1) is 5.82 Å². The first-order valence-corrected chi connectivity index (χ1v) is 9.04. The van der Waals surface area contributed by atoms with E-state index < -0.39 is 42.9 Å². The smallest absolute Gasteiger partial charge is 0.134 e.